The van der Waals surface area contributed by atoms with Crippen LogP contribution in [-0.2, 0) is 4.79 Å². The van der Waals surface area contributed by atoms with Crippen LogP contribution < -0.4 is 14.9 Å². The molecule has 1 aromatic heterocycles. The first-order valence-corrected chi connectivity index (χ1v) is 10.1. The van der Waals surface area contributed by atoms with Crippen molar-refractivity contribution in [3.05, 3.63) is 53.9 Å². The highest BCUT2D eigenvalue weighted by Crippen LogP contribution is 2.28. The molecule has 0 bridgehead atoms. The highest BCUT2D eigenvalue weighted by molar-refractivity contribution is 5.94. The number of pyridine rings is 1. The van der Waals surface area contributed by atoms with Gasteiger partial charge in [-0.25, -0.2) is 5.43 Å². The van der Waals surface area contributed by atoms with Crippen molar-refractivity contribution in [3.8, 4) is 11.5 Å². The molecule has 1 aliphatic rings. The third-order valence-electron chi connectivity index (χ3n) is 4.63. The lowest BCUT2D eigenvalue weighted by Gasteiger charge is -2.26. The molecular formula is C22H26N4O4. The van der Waals surface area contributed by atoms with E-state index in [4.69, 9.17) is 9.47 Å². The lowest BCUT2D eigenvalue weighted by atomic mass is 10.1. The minimum Gasteiger partial charge on any atom is -0.490 e. The number of nitrogens with zero attached hydrogens (tertiary/aromatic N) is 3. The van der Waals surface area contributed by atoms with Gasteiger partial charge in [0.1, 0.15) is 0 Å². The number of hydrogen-bond donors (Lipinski definition) is 1. The van der Waals surface area contributed by atoms with E-state index in [9.17, 15) is 9.59 Å². The van der Waals surface area contributed by atoms with Crippen LogP contribution in [0.25, 0.3) is 0 Å². The summed E-state index contributed by atoms with van der Waals surface area (Å²) in [5.41, 5.74) is 3.60. The summed E-state index contributed by atoms with van der Waals surface area (Å²) < 4.78 is 11.4. The molecule has 2 heterocycles. The zero-order valence-corrected chi connectivity index (χ0v) is 17.0. The Morgan fingerprint density at radius 1 is 1.17 bits per heavy atom. The van der Waals surface area contributed by atoms with E-state index in [2.05, 4.69) is 15.5 Å². The third-order valence-corrected chi connectivity index (χ3v) is 4.63. The van der Waals surface area contributed by atoms with E-state index in [1.54, 1.807) is 36.5 Å². The Hall–Kier alpha value is -3.42. The van der Waals surface area contributed by atoms with Gasteiger partial charge in [-0.3, -0.25) is 14.6 Å². The van der Waals surface area contributed by atoms with Crippen LogP contribution in [0.4, 0.5) is 0 Å². The molecule has 30 heavy (non-hydrogen) atoms. The first kappa shape index (κ1) is 21.3. The average Bonchev–Trinajstić information content (AvgIpc) is 2.79. The van der Waals surface area contributed by atoms with Gasteiger partial charge in [-0.05, 0) is 62.1 Å². The highest BCUT2D eigenvalue weighted by atomic mass is 16.5. The second-order valence-corrected chi connectivity index (χ2v) is 6.81. The largest absolute Gasteiger partial charge is 0.490 e. The van der Waals surface area contributed by atoms with Crippen LogP contribution in [0.15, 0.2) is 47.8 Å². The van der Waals surface area contributed by atoms with Crippen molar-refractivity contribution in [2.75, 3.05) is 26.3 Å². The van der Waals surface area contributed by atoms with Crippen LogP contribution in [0.3, 0.4) is 0 Å². The van der Waals surface area contributed by atoms with Gasteiger partial charge < -0.3 is 14.4 Å². The van der Waals surface area contributed by atoms with Gasteiger partial charge in [0, 0.05) is 25.5 Å². The second kappa shape index (κ2) is 10.9. The van der Waals surface area contributed by atoms with E-state index in [-0.39, 0.29) is 18.4 Å². The molecule has 1 aliphatic heterocycles. The van der Waals surface area contributed by atoms with Gasteiger partial charge in [0.25, 0.3) is 11.8 Å². The Kier molecular flexibility index (Phi) is 7.77. The molecule has 8 nitrogen and oxygen atoms in total. The minimum atomic E-state index is -0.347. The van der Waals surface area contributed by atoms with Crippen molar-refractivity contribution in [1.82, 2.24) is 15.3 Å². The van der Waals surface area contributed by atoms with Crippen molar-refractivity contribution in [2.24, 2.45) is 5.10 Å². The van der Waals surface area contributed by atoms with E-state index in [0.29, 0.717) is 23.7 Å². The van der Waals surface area contributed by atoms with Crippen molar-refractivity contribution < 1.29 is 19.1 Å². The topological polar surface area (TPSA) is 93.1 Å². The number of carbonyl (C=O) groups is 2. The molecule has 0 radical (unpaired) electrons. The number of nitrogens with one attached hydrogen (secondary N) is 1. The Balaban J connectivity index is 1.59. The Morgan fingerprint density at radius 2 is 2.00 bits per heavy atom. The Bertz CT molecular complexity index is 880. The number of amides is 2. The van der Waals surface area contributed by atoms with Crippen molar-refractivity contribution in [3.63, 3.8) is 0 Å². The van der Waals surface area contributed by atoms with E-state index >= 15 is 0 Å². The molecule has 0 aliphatic carbocycles. The summed E-state index contributed by atoms with van der Waals surface area (Å²) >= 11 is 0. The molecule has 3 rings (SSSR count). The molecule has 1 N–H and O–H groups in total. The summed E-state index contributed by atoms with van der Waals surface area (Å²) in [5.74, 6) is 0.659. The van der Waals surface area contributed by atoms with Gasteiger partial charge in [0.05, 0.1) is 18.4 Å². The van der Waals surface area contributed by atoms with Gasteiger partial charge in [0.2, 0.25) is 0 Å². The molecule has 0 spiro atoms. The van der Waals surface area contributed by atoms with E-state index in [0.717, 1.165) is 31.5 Å². The zero-order valence-electron chi connectivity index (χ0n) is 17.0. The lowest BCUT2D eigenvalue weighted by molar-refractivity contribution is -0.134. The van der Waals surface area contributed by atoms with Crippen molar-refractivity contribution >= 4 is 18.0 Å². The van der Waals surface area contributed by atoms with Crippen LogP contribution in [0.5, 0.6) is 11.5 Å². The highest BCUT2D eigenvalue weighted by Gasteiger charge is 2.17. The standard InChI is InChI=1S/C22H26N4O4/c1-2-29-20-13-17(14-24-25-22(28)18-7-6-10-23-15-18)8-9-19(20)30-16-21(27)26-11-4-3-5-12-26/h6-10,13-15H,2-5,11-12,16H2,1H3,(H,25,28)/b24-14-. The Morgan fingerprint density at radius 3 is 2.73 bits per heavy atom. The number of rotatable bonds is 8. The Labute approximate surface area is 175 Å². The molecule has 0 saturated carbocycles. The normalized spacial score (nSPS) is 13.8. The quantitative estimate of drug-likeness (QED) is 0.533. The second-order valence-electron chi connectivity index (χ2n) is 6.81. The maximum absolute atomic E-state index is 12.3. The maximum atomic E-state index is 12.3. The number of piperidine rings is 1. The SMILES string of the molecule is CCOc1cc(/C=N\NC(=O)c2cccnc2)ccc1OCC(=O)N1CCCCC1. The molecular weight excluding hydrogens is 384 g/mol. The number of aromatic nitrogens is 1. The fourth-order valence-electron chi connectivity index (χ4n) is 3.09. The van der Waals surface area contributed by atoms with Gasteiger partial charge in [-0.15, -0.1) is 0 Å². The zero-order chi connectivity index (χ0) is 21.2. The van der Waals surface area contributed by atoms with Gasteiger partial charge in [-0.1, -0.05) is 0 Å². The third kappa shape index (κ3) is 6.04. The first-order chi connectivity index (χ1) is 14.7. The van der Waals surface area contributed by atoms with Crippen LogP contribution in [0, 0.1) is 0 Å². The molecule has 1 aromatic carbocycles. The van der Waals surface area contributed by atoms with Crippen molar-refractivity contribution in [2.45, 2.75) is 26.2 Å². The fraction of sp³-hybridized carbons (Fsp3) is 0.364. The molecule has 0 atom stereocenters. The van der Waals surface area contributed by atoms with Gasteiger partial charge in [-0.2, -0.15) is 5.10 Å². The smallest absolute Gasteiger partial charge is 0.272 e. The van der Waals surface area contributed by atoms with E-state index < -0.39 is 0 Å². The number of carbonyl (C=O) groups excluding carboxylic acids is 2. The van der Waals surface area contributed by atoms with Crippen LogP contribution in [0.2, 0.25) is 0 Å². The summed E-state index contributed by atoms with van der Waals surface area (Å²) in [6.45, 7) is 3.89. The maximum Gasteiger partial charge on any atom is 0.272 e. The number of hydrazone groups is 1. The van der Waals surface area contributed by atoms with E-state index in [1.807, 2.05) is 11.8 Å². The fourth-order valence-corrected chi connectivity index (χ4v) is 3.09. The van der Waals surface area contributed by atoms with Gasteiger partial charge >= 0.3 is 0 Å². The molecule has 0 unspecified atom stereocenters. The molecule has 158 valence electrons. The molecule has 2 amide bonds. The van der Waals surface area contributed by atoms with Gasteiger partial charge in [0.15, 0.2) is 18.1 Å². The van der Waals surface area contributed by atoms with Crippen molar-refractivity contribution in [1.29, 1.82) is 0 Å². The monoisotopic (exact) mass is 410 g/mol. The number of likely N-dealkylation sites (tertiary alicyclic amines) is 1. The summed E-state index contributed by atoms with van der Waals surface area (Å²) in [6, 6.07) is 8.61. The number of ether oxygens (including phenoxy) is 2. The molecule has 8 heteroatoms. The summed E-state index contributed by atoms with van der Waals surface area (Å²) in [7, 11) is 0. The predicted molar refractivity (Wildman–Crippen MR) is 113 cm³/mol. The number of benzene rings is 1. The summed E-state index contributed by atoms with van der Waals surface area (Å²) in [4.78, 5) is 30.1. The summed E-state index contributed by atoms with van der Waals surface area (Å²) in [6.07, 6.45) is 7.83. The molecule has 2 aromatic rings. The predicted octanol–water partition coefficient (Wildman–Crippen LogP) is 2.64. The van der Waals surface area contributed by atoms with Crippen LogP contribution in [-0.4, -0.2) is 54.2 Å². The average molecular weight is 410 g/mol. The molecule has 1 saturated heterocycles. The number of hydrogen-bond acceptors (Lipinski definition) is 6. The van der Waals surface area contributed by atoms with Crippen LogP contribution >= 0.6 is 0 Å². The van der Waals surface area contributed by atoms with E-state index in [1.165, 1.54) is 18.8 Å². The van der Waals surface area contributed by atoms with Crippen LogP contribution in [0.1, 0.15) is 42.1 Å². The molecule has 1 fully saturated rings. The first-order valence-electron chi connectivity index (χ1n) is 10.1. The lowest BCUT2D eigenvalue weighted by Crippen LogP contribution is -2.38. The summed E-state index contributed by atoms with van der Waals surface area (Å²) in [5, 5.41) is 3.97. The minimum absolute atomic E-state index is 0.0131.